The van der Waals surface area contributed by atoms with Crippen LogP contribution < -0.4 is 0 Å². The largest absolute Gasteiger partial charge is 0.279 e. The van der Waals surface area contributed by atoms with E-state index in [1.807, 2.05) is 0 Å². The summed E-state index contributed by atoms with van der Waals surface area (Å²) in [5, 5.41) is 0. The number of amidine groups is 1. The molecular formula is C11H21N2+. The van der Waals surface area contributed by atoms with Crippen molar-refractivity contribution in [2.45, 2.75) is 39.0 Å². The van der Waals surface area contributed by atoms with Crippen molar-refractivity contribution in [1.29, 1.82) is 0 Å². The third-order valence-corrected chi connectivity index (χ3v) is 3.57. The molecule has 0 aromatic rings. The molecular weight excluding hydrogens is 160 g/mol. The monoisotopic (exact) mass is 181 g/mol. The lowest BCUT2D eigenvalue weighted by molar-refractivity contribution is -0.830. The number of hydrogen-bond donors (Lipinski definition) is 0. The fourth-order valence-corrected chi connectivity index (χ4v) is 2.88. The third kappa shape index (κ3) is 1.64. The van der Waals surface area contributed by atoms with Gasteiger partial charge in [-0.15, -0.1) is 0 Å². The van der Waals surface area contributed by atoms with Gasteiger partial charge in [0.1, 0.15) is 0 Å². The Morgan fingerprint density at radius 2 is 1.69 bits per heavy atom. The summed E-state index contributed by atoms with van der Waals surface area (Å²) in [6, 6.07) is 0. The van der Waals surface area contributed by atoms with Gasteiger partial charge >= 0.3 is 0 Å². The first-order valence-corrected chi connectivity index (χ1v) is 5.77. The van der Waals surface area contributed by atoms with Crippen LogP contribution in [0, 0.1) is 0 Å². The van der Waals surface area contributed by atoms with Gasteiger partial charge < -0.3 is 0 Å². The van der Waals surface area contributed by atoms with Crippen molar-refractivity contribution < 1.29 is 4.48 Å². The second kappa shape index (κ2) is 3.79. The van der Waals surface area contributed by atoms with E-state index in [4.69, 9.17) is 4.99 Å². The molecule has 0 aliphatic carbocycles. The Labute approximate surface area is 81.2 Å². The van der Waals surface area contributed by atoms with Gasteiger partial charge in [-0.2, -0.15) is 0 Å². The molecule has 0 aromatic heterocycles. The molecule has 2 heteroatoms. The summed E-state index contributed by atoms with van der Waals surface area (Å²) in [7, 11) is 0. The Bertz CT molecular complexity index is 202. The Morgan fingerprint density at radius 1 is 1.08 bits per heavy atom. The lowest BCUT2D eigenvalue weighted by Crippen LogP contribution is -2.50. The maximum Gasteiger partial charge on any atom is 0.197 e. The van der Waals surface area contributed by atoms with Gasteiger partial charge in [-0.05, 0) is 12.8 Å². The van der Waals surface area contributed by atoms with Gasteiger partial charge in [0.2, 0.25) is 0 Å². The number of nitrogens with zero attached hydrogens (tertiary/aromatic N) is 2. The fourth-order valence-electron chi connectivity index (χ4n) is 2.88. The Morgan fingerprint density at radius 3 is 2.31 bits per heavy atom. The summed E-state index contributed by atoms with van der Waals surface area (Å²) in [5.41, 5.74) is 0. The SMILES string of the molecule is CCC1=NCCCC[N+]12CCCC2. The van der Waals surface area contributed by atoms with E-state index in [9.17, 15) is 0 Å². The van der Waals surface area contributed by atoms with Gasteiger partial charge in [0.05, 0.1) is 19.6 Å². The van der Waals surface area contributed by atoms with Crippen LogP contribution in [0.1, 0.15) is 39.0 Å². The zero-order valence-electron chi connectivity index (χ0n) is 8.76. The number of aliphatic imine (C=N–C) groups is 1. The van der Waals surface area contributed by atoms with Crippen molar-refractivity contribution in [2.75, 3.05) is 26.2 Å². The van der Waals surface area contributed by atoms with Gasteiger partial charge in [0, 0.05) is 25.8 Å². The van der Waals surface area contributed by atoms with E-state index in [0.29, 0.717) is 0 Å². The first-order chi connectivity index (χ1) is 6.37. The Balaban J connectivity index is 2.20. The molecule has 13 heavy (non-hydrogen) atoms. The minimum atomic E-state index is 1.09. The summed E-state index contributed by atoms with van der Waals surface area (Å²) in [5.74, 6) is 1.50. The zero-order valence-corrected chi connectivity index (χ0v) is 8.76. The molecule has 2 heterocycles. The highest BCUT2D eigenvalue weighted by Crippen LogP contribution is 2.25. The third-order valence-electron chi connectivity index (χ3n) is 3.57. The van der Waals surface area contributed by atoms with Crippen molar-refractivity contribution in [1.82, 2.24) is 0 Å². The van der Waals surface area contributed by atoms with E-state index >= 15 is 0 Å². The highest BCUT2D eigenvalue weighted by Gasteiger charge is 2.37. The molecule has 0 saturated carbocycles. The summed E-state index contributed by atoms with van der Waals surface area (Å²) >= 11 is 0. The van der Waals surface area contributed by atoms with Crippen LogP contribution in [-0.4, -0.2) is 36.5 Å². The summed E-state index contributed by atoms with van der Waals surface area (Å²) in [6.45, 7) is 7.46. The predicted octanol–water partition coefficient (Wildman–Crippen LogP) is 2.20. The molecule has 1 fully saturated rings. The molecule has 0 aromatic carbocycles. The zero-order chi connectivity index (χ0) is 9.15. The van der Waals surface area contributed by atoms with Crippen LogP contribution in [0.5, 0.6) is 0 Å². The molecule has 0 unspecified atom stereocenters. The van der Waals surface area contributed by atoms with Crippen LogP contribution in [0.15, 0.2) is 4.99 Å². The Hall–Kier alpha value is -0.370. The maximum atomic E-state index is 4.77. The number of rotatable bonds is 1. The lowest BCUT2D eigenvalue weighted by atomic mass is 10.2. The molecule has 0 amide bonds. The first kappa shape index (κ1) is 9.20. The average molecular weight is 181 g/mol. The number of quaternary nitrogens is 1. The van der Waals surface area contributed by atoms with Gasteiger partial charge in [-0.1, -0.05) is 6.92 Å². The first-order valence-electron chi connectivity index (χ1n) is 5.77. The highest BCUT2D eigenvalue weighted by molar-refractivity contribution is 5.75. The minimum Gasteiger partial charge on any atom is -0.279 e. The predicted molar refractivity (Wildman–Crippen MR) is 55.9 cm³/mol. The van der Waals surface area contributed by atoms with Crippen LogP contribution in [-0.2, 0) is 0 Å². The number of hydrogen-bond acceptors (Lipinski definition) is 1. The van der Waals surface area contributed by atoms with Crippen molar-refractivity contribution in [3.8, 4) is 0 Å². The van der Waals surface area contributed by atoms with Crippen LogP contribution in [0.2, 0.25) is 0 Å². The van der Waals surface area contributed by atoms with E-state index in [0.717, 1.165) is 6.54 Å². The highest BCUT2D eigenvalue weighted by atomic mass is 15.4. The molecule has 0 atom stereocenters. The topological polar surface area (TPSA) is 12.4 Å². The smallest absolute Gasteiger partial charge is 0.197 e. The standard InChI is InChI=1S/C11H21N2/c1-2-11-12-7-3-4-8-13(11)9-5-6-10-13/h2-10H2,1H3/q+1. The Kier molecular flexibility index (Phi) is 2.68. The molecule has 74 valence electrons. The van der Waals surface area contributed by atoms with Gasteiger partial charge in [0.15, 0.2) is 5.84 Å². The maximum absolute atomic E-state index is 4.77. The molecule has 0 N–H and O–H groups in total. The molecule has 1 saturated heterocycles. The molecule has 2 aliphatic rings. The molecule has 2 rings (SSSR count). The summed E-state index contributed by atoms with van der Waals surface area (Å²) in [6.07, 6.45) is 6.69. The van der Waals surface area contributed by atoms with E-state index in [2.05, 4.69) is 6.92 Å². The molecule has 0 radical (unpaired) electrons. The minimum absolute atomic E-state index is 1.09. The fraction of sp³-hybridized carbons (Fsp3) is 0.909. The van der Waals surface area contributed by atoms with E-state index in [1.54, 1.807) is 0 Å². The van der Waals surface area contributed by atoms with E-state index in [1.165, 1.54) is 62.1 Å². The molecule has 2 nitrogen and oxygen atoms in total. The molecule has 0 bridgehead atoms. The molecule has 2 aliphatic heterocycles. The van der Waals surface area contributed by atoms with Crippen molar-refractivity contribution >= 4 is 5.84 Å². The van der Waals surface area contributed by atoms with Gasteiger partial charge in [-0.3, -0.25) is 4.48 Å². The summed E-state index contributed by atoms with van der Waals surface area (Å²) < 4.78 is 1.26. The van der Waals surface area contributed by atoms with E-state index in [-0.39, 0.29) is 0 Å². The van der Waals surface area contributed by atoms with Crippen molar-refractivity contribution in [3.63, 3.8) is 0 Å². The second-order valence-electron chi connectivity index (χ2n) is 4.38. The van der Waals surface area contributed by atoms with Crippen molar-refractivity contribution in [3.05, 3.63) is 0 Å². The van der Waals surface area contributed by atoms with Gasteiger partial charge in [-0.25, -0.2) is 4.99 Å². The lowest BCUT2D eigenvalue weighted by Gasteiger charge is -2.33. The van der Waals surface area contributed by atoms with E-state index < -0.39 is 0 Å². The summed E-state index contributed by atoms with van der Waals surface area (Å²) in [4.78, 5) is 4.77. The van der Waals surface area contributed by atoms with Crippen LogP contribution in [0.4, 0.5) is 0 Å². The average Bonchev–Trinajstić information content (AvgIpc) is 2.50. The van der Waals surface area contributed by atoms with Crippen LogP contribution >= 0.6 is 0 Å². The molecule has 1 spiro atoms. The van der Waals surface area contributed by atoms with Gasteiger partial charge in [0.25, 0.3) is 0 Å². The van der Waals surface area contributed by atoms with Crippen LogP contribution in [0.3, 0.4) is 0 Å². The quantitative estimate of drug-likeness (QED) is 0.550. The normalized spacial score (nSPS) is 27.3. The second-order valence-corrected chi connectivity index (χ2v) is 4.38. The van der Waals surface area contributed by atoms with Crippen molar-refractivity contribution in [2.24, 2.45) is 4.99 Å². The van der Waals surface area contributed by atoms with Crippen LogP contribution in [0.25, 0.3) is 0 Å².